The molecule has 2 N–H and O–H groups in total. The van der Waals surface area contributed by atoms with E-state index in [-0.39, 0.29) is 11.8 Å². The molecule has 0 unspecified atom stereocenters. The Morgan fingerprint density at radius 3 is 1.67 bits per heavy atom. The standard InChI is InChI=1S/C36H44N4O5S4/c1-39(2)17-21-48-46-19-7-11-33(41)37-25-13-15-29-31(23-25)44-32-24-26(38-34(42)12-8-20-47-49-22-18-40(3)4)14-16-30(32)36(29)28-10-6-5-9-27(28)35(43)45-36/h5-6,9-10,13-16,23-24H,7-8,11-12,17-22H2,1-4H3,(H,37,41)(H,38,42). The number of esters is 1. The third-order valence-corrected chi connectivity index (χ3v) is 12.9. The van der Waals surface area contributed by atoms with Crippen LogP contribution < -0.4 is 15.4 Å². The molecule has 49 heavy (non-hydrogen) atoms. The van der Waals surface area contributed by atoms with Crippen LogP contribution in [0.1, 0.15) is 52.7 Å². The van der Waals surface area contributed by atoms with Crippen molar-refractivity contribution in [1.82, 2.24) is 9.80 Å². The van der Waals surface area contributed by atoms with E-state index in [4.69, 9.17) is 9.47 Å². The van der Waals surface area contributed by atoms with Crippen LogP contribution >= 0.6 is 43.2 Å². The van der Waals surface area contributed by atoms with E-state index < -0.39 is 11.6 Å². The predicted molar refractivity (Wildman–Crippen MR) is 207 cm³/mol. The maximum Gasteiger partial charge on any atom is 0.340 e. The van der Waals surface area contributed by atoms with Crippen molar-refractivity contribution >= 4 is 72.3 Å². The molecule has 2 amide bonds. The van der Waals surface area contributed by atoms with E-state index >= 15 is 0 Å². The fourth-order valence-corrected chi connectivity index (χ4v) is 9.98. The lowest BCUT2D eigenvalue weighted by Gasteiger charge is -2.36. The van der Waals surface area contributed by atoms with E-state index in [0.717, 1.165) is 54.5 Å². The third-order valence-electron chi connectivity index (χ3n) is 7.95. The van der Waals surface area contributed by atoms with Crippen LogP contribution in [0.5, 0.6) is 11.5 Å². The van der Waals surface area contributed by atoms with Gasteiger partial charge in [-0.05, 0) is 71.4 Å². The van der Waals surface area contributed by atoms with E-state index in [1.807, 2.05) is 64.1 Å². The second-order valence-corrected chi connectivity index (χ2v) is 17.7. The van der Waals surface area contributed by atoms with Crippen molar-refractivity contribution in [3.63, 3.8) is 0 Å². The van der Waals surface area contributed by atoms with Gasteiger partial charge in [0.1, 0.15) is 11.5 Å². The highest BCUT2D eigenvalue weighted by Gasteiger charge is 2.53. The average molecular weight is 741 g/mol. The van der Waals surface area contributed by atoms with Gasteiger partial charge in [0.2, 0.25) is 11.8 Å². The van der Waals surface area contributed by atoms with E-state index in [0.29, 0.717) is 52.4 Å². The van der Waals surface area contributed by atoms with Crippen LogP contribution in [0.4, 0.5) is 11.4 Å². The number of hydrogen-bond acceptors (Lipinski definition) is 11. The first-order valence-electron chi connectivity index (χ1n) is 16.3. The number of nitrogens with one attached hydrogen (secondary N) is 2. The van der Waals surface area contributed by atoms with Crippen LogP contribution in [0.2, 0.25) is 0 Å². The second kappa shape index (κ2) is 17.9. The van der Waals surface area contributed by atoms with E-state index in [9.17, 15) is 14.4 Å². The van der Waals surface area contributed by atoms with Gasteiger partial charge in [0.25, 0.3) is 0 Å². The number of hydrogen-bond donors (Lipinski definition) is 2. The third kappa shape index (κ3) is 9.71. The van der Waals surface area contributed by atoms with Gasteiger partial charge in [-0.3, -0.25) is 9.59 Å². The topological polar surface area (TPSA) is 100 Å². The molecule has 5 rings (SSSR count). The van der Waals surface area contributed by atoms with Gasteiger partial charge in [-0.2, -0.15) is 0 Å². The van der Waals surface area contributed by atoms with Gasteiger partial charge in [0.05, 0.1) is 5.56 Å². The first-order valence-corrected chi connectivity index (χ1v) is 21.3. The van der Waals surface area contributed by atoms with E-state index in [1.54, 1.807) is 39.8 Å². The van der Waals surface area contributed by atoms with Gasteiger partial charge in [0.15, 0.2) is 5.60 Å². The summed E-state index contributed by atoms with van der Waals surface area (Å²) in [6, 6.07) is 18.3. The first-order chi connectivity index (χ1) is 23.7. The molecule has 2 aliphatic heterocycles. The molecule has 3 aromatic carbocycles. The number of ether oxygens (including phenoxy) is 2. The Hall–Kier alpha value is -2.81. The summed E-state index contributed by atoms with van der Waals surface area (Å²) in [5, 5.41) is 6.01. The highest BCUT2D eigenvalue weighted by molar-refractivity contribution is 8.77. The number of carbonyl (C=O) groups is 3. The van der Waals surface area contributed by atoms with Crippen LogP contribution in [-0.2, 0) is 19.9 Å². The Bertz CT molecular complexity index is 1550. The zero-order valence-corrected chi connectivity index (χ0v) is 31.7. The molecule has 2 heterocycles. The number of rotatable bonds is 18. The lowest BCUT2D eigenvalue weighted by atomic mass is 9.77. The molecule has 2 aliphatic rings. The summed E-state index contributed by atoms with van der Waals surface area (Å²) >= 11 is 0. The molecule has 1 spiro atoms. The molecule has 0 fully saturated rings. The lowest BCUT2D eigenvalue weighted by molar-refractivity contribution is -0.117. The lowest BCUT2D eigenvalue weighted by Crippen LogP contribution is -2.33. The van der Waals surface area contributed by atoms with Crippen LogP contribution in [0.15, 0.2) is 60.7 Å². The maximum atomic E-state index is 13.2. The van der Waals surface area contributed by atoms with Crippen LogP contribution in [0, 0.1) is 0 Å². The summed E-state index contributed by atoms with van der Waals surface area (Å²) in [6.07, 6.45) is 2.38. The fraction of sp³-hybridized carbons (Fsp3) is 0.417. The molecule has 0 saturated carbocycles. The van der Waals surface area contributed by atoms with Gasteiger partial charge in [-0.1, -0.05) is 61.4 Å². The smallest absolute Gasteiger partial charge is 0.340 e. The number of fused-ring (bicyclic) bond motifs is 6. The normalized spacial score (nSPS) is 13.9. The minimum Gasteiger partial charge on any atom is -0.456 e. The molecule has 0 radical (unpaired) electrons. The second-order valence-electron chi connectivity index (χ2n) is 12.3. The van der Waals surface area contributed by atoms with Gasteiger partial charge in [-0.15, -0.1) is 0 Å². The zero-order valence-electron chi connectivity index (χ0n) is 28.4. The summed E-state index contributed by atoms with van der Waals surface area (Å²) in [5.74, 6) is 4.27. The number of benzene rings is 3. The minimum atomic E-state index is -1.23. The molecular weight excluding hydrogens is 697 g/mol. The molecule has 9 nitrogen and oxygen atoms in total. The van der Waals surface area contributed by atoms with Gasteiger partial charge in [0, 0.05) is 89.1 Å². The first kappa shape index (κ1) is 37.4. The monoisotopic (exact) mass is 740 g/mol. The largest absolute Gasteiger partial charge is 0.456 e. The van der Waals surface area contributed by atoms with E-state index in [1.165, 1.54) is 0 Å². The summed E-state index contributed by atoms with van der Waals surface area (Å²) in [4.78, 5) is 43.2. The number of carbonyl (C=O) groups excluding carboxylic acids is 3. The molecule has 0 bridgehead atoms. The van der Waals surface area contributed by atoms with Crippen molar-refractivity contribution in [3.8, 4) is 11.5 Å². The van der Waals surface area contributed by atoms with Crippen molar-refractivity contribution in [2.24, 2.45) is 0 Å². The summed E-state index contributed by atoms with van der Waals surface area (Å²) in [5.41, 5.74) is 2.50. The quantitative estimate of drug-likeness (QED) is 0.0768. The maximum absolute atomic E-state index is 13.2. The average Bonchev–Trinajstić information content (AvgIpc) is 3.35. The molecule has 0 aliphatic carbocycles. The number of amides is 2. The molecular formula is C36H44N4O5S4. The zero-order chi connectivity index (χ0) is 34.8. The van der Waals surface area contributed by atoms with Crippen molar-refractivity contribution in [2.45, 2.75) is 31.3 Å². The molecule has 3 aromatic rings. The van der Waals surface area contributed by atoms with Crippen molar-refractivity contribution in [1.29, 1.82) is 0 Å². The number of nitrogens with zero attached hydrogens (tertiary/aromatic N) is 2. The van der Waals surface area contributed by atoms with Gasteiger partial charge < -0.3 is 29.9 Å². The summed E-state index contributed by atoms with van der Waals surface area (Å²) < 4.78 is 12.7. The molecule has 0 aromatic heterocycles. The van der Waals surface area contributed by atoms with Crippen molar-refractivity contribution < 1.29 is 23.9 Å². The Balaban J connectivity index is 1.28. The Kier molecular flexibility index (Phi) is 13.7. The summed E-state index contributed by atoms with van der Waals surface area (Å²) in [7, 11) is 15.5. The highest BCUT2D eigenvalue weighted by atomic mass is 33.1. The van der Waals surface area contributed by atoms with Crippen LogP contribution in [0.3, 0.4) is 0 Å². The molecule has 0 saturated heterocycles. The Morgan fingerprint density at radius 1 is 0.673 bits per heavy atom. The van der Waals surface area contributed by atoms with E-state index in [2.05, 4.69) is 48.6 Å². The molecule has 262 valence electrons. The highest BCUT2D eigenvalue weighted by Crippen LogP contribution is 2.56. The van der Waals surface area contributed by atoms with Crippen LogP contribution in [0.25, 0.3) is 0 Å². The van der Waals surface area contributed by atoms with Crippen LogP contribution in [-0.4, -0.2) is 91.9 Å². The summed E-state index contributed by atoms with van der Waals surface area (Å²) in [6.45, 7) is 2.06. The van der Waals surface area contributed by atoms with Crippen molar-refractivity contribution in [3.05, 3.63) is 82.9 Å². The molecule has 13 heteroatoms. The minimum absolute atomic E-state index is 0.0713. The van der Waals surface area contributed by atoms with Gasteiger partial charge >= 0.3 is 5.97 Å². The number of anilines is 2. The Labute approximate surface area is 305 Å². The van der Waals surface area contributed by atoms with Crippen molar-refractivity contribution in [2.75, 3.05) is 74.9 Å². The Morgan fingerprint density at radius 2 is 1.16 bits per heavy atom. The fourth-order valence-electron chi connectivity index (χ4n) is 5.54. The SMILES string of the molecule is CN(C)CCSSCCCC(=O)Nc1ccc2c(c1)Oc1cc(NC(=O)CCCSSCCN(C)C)ccc1C21OC(=O)c2ccccc21. The van der Waals surface area contributed by atoms with Gasteiger partial charge in [-0.25, -0.2) is 4.79 Å². The molecule has 0 atom stereocenters. The predicted octanol–water partition coefficient (Wildman–Crippen LogP) is 7.58.